The minimum Gasteiger partial charge on any atom is -0.461 e. The van der Waals surface area contributed by atoms with Gasteiger partial charge in [0.25, 0.3) is 0 Å². The van der Waals surface area contributed by atoms with Crippen molar-refractivity contribution >= 4 is 12.3 Å². The van der Waals surface area contributed by atoms with Gasteiger partial charge in [0, 0.05) is 24.6 Å². The van der Waals surface area contributed by atoms with Crippen LogP contribution < -0.4 is 10.5 Å². The van der Waals surface area contributed by atoms with Gasteiger partial charge in [-0.3, -0.25) is 9.59 Å². The summed E-state index contributed by atoms with van der Waals surface area (Å²) in [6.07, 6.45) is 0.648. The quantitative estimate of drug-likeness (QED) is 0.713. The number of carbonyl (C=O) groups is 2. The van der Waals surface area contributed by atoms with E-state index in [-0.39, 0.29) is 6.54 Å². The van der Waals surface area contributed by atoms with E-state index in [0.29, 0.717) is 29.8 Å². The Morgan fingerprint density at radius 1 is 1.61 bits per heavy atom. The molecule has 2 rings (SSSR count). The van der Waals surface area contributed by atoms with Crippen molar-refractivity contribution in [3.05, 3.63) is 29.3 Å². The van der Waals surface area contributed by atoms with Crippen LogP contribution in [0.5, 0.6) is 5.75 Å². The van der Waals surface area contributed by atoms with Gasteiger partial charge in [0.05, 0.1) is 6.54 Å². The lowest BCUT2D eigenvalue weighted by Gasteiger charge is -2.25. The van der Waals surface area contributed by atoms with Crippen molar-refractivity contribution in [3.63, 3.8) is 0 Å². The van der Waals surface area contributed by atoms with Crippen molar-refractivity contribution in [2.24, 2.45) is 5.73 Å². The number of nitrogens with zero attached hydrogens (tertiary/aromatic N) is 1. The predicted molar refractivity (Wildman–Crippen MR) is 62.7 cm³/mol. The molecule has 6 nitrogen and oxygen atoms in total. The number of benzene rings is 1. The van der Waals surface area contributed by atoms with Crippen LogP contribution in [-0.2, 0) is 11.3 Å². The average Bonchev–Trinajstić information content (AvgIpc) is 2.41. The van der Waals surface area contributed by atoms with Crippen LogP contribution in [0.1, 0.15) is 22.8 Å². The van der Waals surface area contributed by atoms with Gasteiger partial charge in [-0.1, -0.05) is 6.07 Å². The van der Waals surface area contributed by atoms with Gasteiger partial charge in [0.1, 0.15) is 5.75 Å². The Morgan fingerprint density at radius 2 is 2.33 bits per heavy atom. The monoisotopic (exact) mass is 250 g/mol. The lowest BCUT2D eigenvalue weighted by atomic mass is 10.1. The van der Waals surface area contributed by atoms with Crippen LogP contribution in [0.3, 0.4) is 0 Å². The number of primary amides is 1. The fraction of sp³-hybridized carbons (Fsp3) is 0.333. The Bertz CT molecular complexity index is 499. The summed E-state index contributed by atoms with van der Waals surface area (Å²) >= 11 is 0. The number of amides is 2. The minimum absolute atomic E-state index is 0.0527. The molecule has 1 aliphatic heterocycles. The maximum absolute atomic E-state index is 11.1. The summed E-state index contributed by atoms with van der Waals surface area (Å²) in [4.78, 5) is 23.4. The van der Waals surface area contributed by atoms with Crippen molar-refractivity contribution in [1.82, 2.24) is 4.90 Å². The van der Waals surface area contributed by atoms with Gasteiger partial charge in [0.2, 0.25) is 18.1 Å². The number of carbonyl (C=O) groups excluding carboxylic acids is 2. The third-order valence-corrected chi connectivity index (χ3v) is 2.70. The van der Waals surface area contributed by atoms with Gasteiger partial charge in [0.15, 0.2) is 0 Å². The van der Waals surface area contributed by atoms with Gasteiger partial charge in [-0.25, -0.2) is 0 Å². The third kappa shape index (κ3) is 2.43. The first-order valence-corrected chi connectivity index (χ1v) is 5.45. The van der Waals surface area contributed by atoms with Crippen molar-refractivity contribution in [2.45, 2.75) is 19.3 Å². The zero-order valence-electron chi connectivity index (χ0n) is 9.92. The molecule has 2 amide bonds. The molecule has 0 spiro atoms. The fourth-order valence-corrected chi connectivity index (χ4v) is 1.93. The third-order valence-electron chi connectivity index (χ3n) is 2.70. The van der Waals surface area contributed by atoms with E-state index in [9.17, 15) is 14.7 Å². The van der Waals surface area contributed by atoms with Crippen LogP contribution in [0.2, 0.25) is 0 Å². The number of rotatable bonds is 2. The molecule has 96 valence electrons. The topological polar surface area (TPSA) is 92.9 Å². The molecule has 3 N–H and O–H groups in total. The lowest BCUT2D eigenvalue weighted by molar-refractivity contribution is -0.144. The Labute approximate surface area is 104 Å². The molecule has 6 heteroatoms. The second kappa shape index (κ2) is 4.30. The van der Waals surface area contributed by atoms with Crippen LogP contribution in [-0.4, -0.2) is 34.7 Å². The van der Waals surface area contributed by atoms with Crippen molar-refractivity contribution in [1.29, 1.82) is 0 Å². The molecule has 0 aliphatic carbocycles. The van der Waals surface area contributed by atoms with E-state index in [1.54, 1.807) is 12.1 Å². The SMILES string of the molecule is C[C@@]1(O)CN(C=O)Cc2ccc(C(N)=O)cc2O1. The molecule has 0 saturated heterocycles. The number of nitrogens with two attached hydrogens (primary N) is 1. The first-order valence-electron chi connectivity index (χ1n) is 5.45. The molecule has 1 aromatic rings. The fourth-order valence-electron chi connectivity index (χ4n) is 1.93. The predicted octanol–water partition coefficient (Wildman–Crippen LogP) is -0.155. The van der Waals surface area contributed by atoms with Gasteiger partial charge in [-0.2, -0.15) is 0 Å². The molecule has 1 aliphatic rings. The van der Waals surface area contributed by atoms with E-state index < -0.39 is 11.7 Å². The number of β-amino-alcohol motifs (C(OH)–C–C–N with tert-alkyl or cyclic N) is 1. The van der Waals surface area contributed by atoms with E-state index in [2.05, 4.69) is 0 Å². The molecule has 0 radical (unpaired) electrons. The lowest BCUT2D eigenvalue weighted by Crippen LogP contribution is -2.42. The van der Waals surface area contributed by atoms with E-state index in [0.717, 1.165) is 0 Å². The molecular formula is C12H14N2O4. The van der Waals surface area contributed by atoms with Crippen molar-refractivity contribution < 1.29 is 19.4 Å². The normalized spacial score (nSPS) is 22.7. The number of fused-ring (bicyclic) bond motifs is 1. The zero-order valence-corrected chi connectivity index (χ0v) is 9.92. The molecule has 18 heavy (non-hydrogen) atoms. The Kier molecular flexibility index (Phi) is 2.96. The summed E-state index contributed by atoms with van der Waals surface area (Å²) in [5.41, 5.74) is 6.19. The molecular weight excluding hydrogens is 236 g/mol. The molecule has 1 heterocycles. The van der Waals surface area contributed by atoms with E-state index in [1.165, 1.54) is 17.9 Å². The highest BCUT2D eigenvalue weighted by atomic mass is 16.6. The maximum atomic E-state index is 11.1. The highest BCUT2D eigenvalue weighted by Gasteiger charge is 2.30. The number of ether oxygens (including phenoxy) is 1. The Hall–Kier alpha value is -2.08. The van der Waals surface area contributed by atoms with Crippen molar-refractivity contribution in [3.8, 4) is 5.75 Å². The summed E-state index contributed by atoms with van der Waals surface area (Å²) in [7, 11) is 0. The molecule has 1 atom stereocenters. The Morgan fingerprint density at radius 3 is 2.94 bits per heavy atom. The average molecular weight is 250 g/mol. The van der Waals surface area contributed by atoms with Gasteiger partial charge < -0.3 is 20.5 Å². The maximum Gasteiger partial charge on any atom is 0.248 e. The van der Waals surface area contributed by atoms with Crippen LogP contribution in [0, 0.1) is 0 Å². The molecule has 1 aromatic carbocycles. The largest absolute Gasteiger partial charge is 0.461 e. The van der Waals surface area contributed by atoms with E-state index in [4.69, 9.17) is 10.5 Å². The molecule has 0 unspecified atom stereocenters. The molecule has 0 aromatic heterocycles. The van der Waals surface area contributed by atoms with Gasteiger partial charge in [-0.15, -0.1) is 0 Å². The highest BCUT2D eigenvalue weighted by molar-refractivity contribution is 5.93. The van der Waals surface area contributed by atoms with Crippen LogP contribution >= 0.6 is 0 Å². The van der Waals surface area contributed by atoms with E-state index in [1.807, 2.05) is 0 Å². The first kappa shape index (κ1) is 12.4. The smallest absolute Gasteiger partial charge is 0.248 e. The molecule has 0 fully saturated rings. The number of aliphatic hydroxyl groups is 1. The standard InChI is InChI=1S/C12H14N2O4/c1-12(17)6-14(7-15)5-9-3-2-8(11(13)16)4-10(9)18-12/h2-4,7,17H,5-6H2,1H3,(H2,13,16)/t12-/m0/s1. The zero-order chi connectivity index (χ0) is 13.3. The minimum atomic E-state index is -1.50. The van der Waals surface area contributed by atoms with Crippen LogP contribution in [0.25, 0.3) is 0 Å². The number of hydrogen-bond acceptors (Lipinski definition) is 4. The van der Waals surface area contributed by atoms with Crippen LogP contribution in [0.15, 0.2) is 18.2 Å². The summed E-state index contributed by atoms with van der Waals surface area (Å²) < 4.78 is 5.41. The van der Waals surface area contributed by atoms with E-state index >= 15 is 0 Å². The van der Waals surface area contributed by atoms with Crippen LogP contribution in [0.4, 0.5) is 0 Å². The van der Waals surface area contributed by atoms with Gasteiger partial charge in [-0.05, 0) is 12.1 Å². The number of hydrogen-bond donors (Lipinski definition) is 2. The second-order valence-corrected chi connectivity index (χ2v) is 4.47. The molecule has 0 saturated carbocycles. The summed E-state index contributed by atoms with van der Waals surface area (Å²) in [5, 5.41) is 9.99. The van der Waals surface area contributed by atoms with Crippen molar-refractivity contribution in [2.75, 3.05) is 6.54 Å². The Balaban J connectivity index is 2.44. The summed E-state index contributed by atoms with van der Waals surface area (Å²) in [6, 6.07) is 4.70. The summed E-state index contributed by atoms with van der Waals surface area (Å²) in [6.45, 7) is 1.82. The van der Waals surface area contributed by atoms with Gasteiger partial charge >= 0.3 is 0 Å². The first-order chi connectivity index (χ1) is 8.41. The highest BCUT2D eigenvalue weighted by Crippen LogP contribution is 2.28. The second-order valence-electron chi connectivity index (χ2n) is 4.47. The summed E-state index contributed by atoms with van der Waals surface area (Å²) in [5.74, 6) is -1.71. The molecule has 0 bridgehead atoms.